The molecule has 1 unspecified atom stereocenters. The van der Waals surface area contributed by atoms with Crippen molar-refractivity contribution in [2.24, 2.45) is 5.92 Å². The van der Waals surface area contributed by atoms with E-state index in [1.54, 1.807) is 12.1 Å². The van der Waals surface area contributed by atoms with E-state index in [0.717, 1.165) is 12.1 Å². The van der Waals surface area contributed by atoms with E-state index in [9.17, 15) is 9.90 Å². The van der Waals surface area contributed by atoms with Gasteiger partial charge in [-0.2, -0.15) is 0 Å². The van der Waals surface area contributed by atoms with Crippen LogP contribution in [0.5, 0.6) is 11.5 Å². The molecule has 1 saturated heterocycles. The molecule has 1 aliphatic rings. The zero-order valence-corrected chi connectivity index (χ0v) is 10.3. The van der Waals surface area contributed by atoms with E-state index < -0.39 is 5.97 Å². The van der Waals surface area contributed by atoms with E-state index >= 15 is 0 Å². The van der Waals surface area contributed by atoms with Crippen LogP contribution in [0, 0.1) is 5.92 Å². The number of carbonyl (C=O) groups is 1. The lowest BCUT2D eigenvalue weighted by Gasteiger charge is -2.15. The topological polar surface area (TPSA) is 70.0 Å². The molecule has 98 valence electrons. The summed E-state index contributed by atoms with van der Waals surface area (Å²) in [4.78, 5) is 12.9. The summed E-state index contributed by atoms with van der Waals surface area (Å²) in [5.41, 5.74) is 0.958. The molecule has 1 atom stereocenters. The first-order valence-corrected chi connectivity index (χ1v) is 5.91. The van der Waals surface area contributed by atoms with Crippen LogP contribution in [0.15, 0.2) is 18.2 Å². The van der Waals surface area contributed by atoms with Gasteiger partial charge >= 0.3 is 5.97 Å². The van der Waals surface area contributed by atoms with Gasteiger partial charge in [0.25, 0.3) is 0 Å². The molecular formula is C13H17NO4. The molecule has 1 aromatic carbocycles. The molecule has 1 heterocycles. The second-order valence-corrected chi connectivity index (χ2v) is 4.57. The second-order valence-electron chi connectivity index (χ2n) is 4.57. The first-order chi connectivity index (χ1) is 8.60. The lowest BCUT2D eigenvalue weighted by atomic mass is 10.1. The molecule has 2 N–H and O–H groups in total. The van der Waals surface area contributed by atoms with Gasteiger partial charge in [0.2, 0.25) is 0 Å². The number of aromatic hydroxyl groups is 1. The number of phenolic OH excluding ortho intramolecular Hbond substituents is 1. The fourth-order valence-corrected chi connectivity index (χ4v) is 2.27. The highest BCUT2D eigenvalue weighted by molar-refractivity contribution is 5.70. The number of hydrogen-bond donors (Lipinski definition) is 2. The number of methoxy groups -OCH3 is 1. The van der Waals surface area contributed by atoms with E-state index in [-0.39, 0.29) is 11.7 Å². The monoisotopic (exact) mass is 251 g/mol. The van der Waals surface area contributed by atoms with Gasteiger partial charge in [0.1, 0.15) is 0 Å². The summed E-state index contributed by atoms with van der Waals surface area (Å²) < 4.78 is 4.98. The summed E-state index contributed by atoms with van der Waals surface area (Å²) in [7, 11) is 1.51. The number of phenols is 1. The number of nitrogens with zero attached hydrogens (tertiary/aromatic N) is 1. The maximum Gasteiger partial charge on any atom is 0.307 e. The summed E-state index contributed by atoms with van der Waals surface area (Å²) in [6.45, 7) is 2.01. The smallest absolute Gasteiger partial charge is 0.307 e. The minimum absolute atomic E-state index is 0.115. The molecule has 1 aromatic rings. The average Bonchev–Trinajstić information content (AvgIpc) is 2.78. The zero-order chi connectivity index (χ0) is 13.1. The van der Waals surface area contributed by atoms with E-state index in [4.69, 9.17) is 9.84 Å². The number of carboxylic acid groups (broad SMARTS) is 1. The van der Waals surface area contributed by atoms with Gasteiger partial charge in [-0.3, -0.25) is 9.69 Å². The Labute approximate surface area is 106 Å². The van der Waals surface area contributed by atoms with Crippen molar-refractivity contribution in [1.82, 2.24) is 4.90 Å². The Morgan fingerprint density at radius 1 is 1.56 bits per heavy atom. The number of benzene rings is 1. The fraction of sp³-hybridized carbons (Fsp3) is 0.462. The quantitative estimate of drug-likeness (QED) is 0.844. The molecule has 18 heavy (non-hydrogen) atoms. The number of carboxylic acids is 1. The van der Waals surface area contributed by atoms with Crippen LogP contribution < -0.4 is 4.74 Å². The summed E-state index contributed by atoms with van der Waals surface area (Å²) in [5.74, 6) is -0.431. The summed E-state index contributed by atoms with van der Waals surface area (Å²) in [6.07, 6.45) is 0.692. The van der Waals surface area contributed by atoms with Crippen molar-refractivity contribution in [2.45, 2.75) is 13.0 Å². The second kappa shape index (κ2) is 5.27. The number of rotatable bonds is 4. The normalized spacial score (nSPS) is 19.9. The Morgan fingerprint density at radius 2 is 2.33 bits per heavy atom. The van der Waals surface area contributed by atoms with Gasteiger partial charge in [-0.15, -0.1) is 0 Å². The van der Waals surface area contributed by atoms with Gasteiger partial charge in [0.15, 0.2) is 11.5 Å². The number of ether oxygens (including phenoxy) is 1. The van der Waals surface area contributed by atoms with Crippen molar-refractivity contribution in [1.29, 1.82) is 0 Å². The first-order valence-electron chi connectivity index (χ1n) is 5.91. The van der Waals surface area contributed by atoms with Crippen LogP contribution in [0.25, 0.3) is 0 Å². The Morgan fingerprint density at radius 3 is 2.89 bits per heavy atom. The molecule has 0 saturated carbocycles. The third-order valence-electron chi connectivity index (χ3n) is 3.27. The Bertz CT molecular complexity index is 447. The van der Waals surface area contributed by atoms with Crippen molar-refractivity contribution in [2.75, 3.05) is 20.2 Å². The first kappa shape index (κ1) is 12.7. The third kappa shape index (κ3) is 2.73. The van der Waals surface area contributed by atoms with Gasteiger partial charge in [-0.05, 0) is 30.7 Å². The summed E-state index contributed by atoms with van der Waals surface area (Å²) in [6, 6.07) is 5.26. The maximum absolute atomic E-state index is 10.9. The number of likely N-dealkylation sites (tertiary alicyclic amines) is 1. The van der Waals surface area contributed by atoms with Gasteiger partial charge in [-0.25, -0.2) is 0 Å². The van der Waals surface area contributed by atoms with Crippen LogP contribution >= 0.6 is 0 Å². The average molecular weight is 251 g/mol. The molecule has 0 bridgehead atoms. The Hall–Kier alpha value is -1.75. The maximum atomic E-state index is 10.9. The van der Waals surface area contributed by atoms with Crippen LogP contribution in [0.2, 0.25) is 0 Å². The molecule has 0 aliphatic carbocycles. The minimum Gasteiger partial charge on any atom is -0.504 e. The SMILES string of the molecule is COc1ccc(CN2CCC(C(=O)O)C2)cc1O. The van der Waals surface area contributed by atoms with Crippen molar-refractivity contribution < 1.29 is 19.7 Å². The van der Waals surface area contributed by atoms with E-state index in [2.05, 4.69) is 4.90 Å². The lowest BCUT2D eigenvalue weighted by molar-refractivity contribution is -0.141. The van der Waals surface area contributed by atoms with Crippen LogP contribution in [0.1, 0.15) is 12.0 Å². The molecule has 0 spiro atoms. The highest BCUT2D eigenvalue weighted by Crippen LogP contribution is 2.27. The molecule has 5 heteroatoms. The number of hydrogen-bond acceptors (Lipinski definition) is 4. The van der Waals surface area contributed by atoms with Gasteiger partial charge < -0.3 is 14.9 Å². The standard InChI is InChI=1S/C13H17NO4/c1-18-12-3-2-9(6-11(12)15)7-14-5-4-10(8-14)13(16)17/h2-3,6,10,15H,4-5,7-8H2,1H3,(H,16,17). The predicted molar refractivity (Wildman–Crippen MR) is 65.7 cm³/mol. The van der Waals surface area contributed by atoms with Gasteiger partial charge in [0.05, 0.1) is 13.0 Å². The van der Waals surface area contributed by atoms with Crippen molar-refractivity contribution >= 4 is 5.97 Å². The van der Waals surface area contributed by atoms with Crippen molar-refractivity contribution in [3.8, 4) is 11.5 Å². The Balaban J connectivity index is 1.98. The largest absolute Gasteiger partial charge is 0.504 e. The molecule has 1 aliphatic heterocycles. The van der Waals surface area contributed by atoms with E-state index in [0.29, 0.717) is 25.3 Å². The molecule has 5 nitrogen and oxygen atoms in total. The van der Waals surface area contributed by atoms with Crippen LogP contribution in [0.4, 0.5) is 0 Å². The zero-order valence-electron chi connectivity index (χ0n) is 10.3. The van der Waals surface area contributed by atoms with E-state index in [1.807, 2.05) is 6.07 Å². The van der Waals surface area contributed by atoms with Crippen LogP contribution in [-0.2, 0) is 11.3 Å². The number of aliphatic carboxylic acids is 1. The van der Waals surface area contributed by atoms with Crippen molar-refractivity contribution in [3.63, 3.8) is 0 Å². The molecule has 1 fully saturated rings. The predicted octanol–water partition coefficient (Wildman–Crippen LogP) is 1.31. The molecule has 0 amide bonds. The molecular weight excluding hydrogens is 234 g/mol. The van der Waals surface area contributed by atoms with Gasteiger partial charge in [-0.1, -0.05) is 6.07 Å². The third-order valence-corrected chi connectivity index (χ3v) is 3.27. The molecule has 0 radical (unpaired) electrons. The molecule has 2 rings (SSSR count). The van der Waals surface area contributed by atoms with E-state index in [1.165, 1.54) is 7.11 Å². The highest BCUT2D eigenvalue weighted by atomic mass is 16.5. The summed E-state index contributed by atoms with van der Waals surface area (Å²) >= 11 is 0. The lowest BCUT2D eigenvalue weighted by Crippen LogP contribution is -2.22. The van der Waals surface area contributed by atoms with Crippen LogP contribution in [0.3, 0.4) is 0 Å². The summed E-state index contributed by atoms with van der Waals surface area (Å²) in [5, 5.41) is 18.6. The van der Waals surface area contributed by atoms with Crippen LogP contribution in [-0.4, -0.2) is 41.3 Å². The van der Waals surface area contributed by atoms with Crippen molar-refractivity contribution in [3.05, 3.63) is 23.8 Å². The molecule has 0 aromatic heterocycles. The Kier molecular flexibility index (Phi) is 3.72. The minimum atomic E-state index is -0.727. The fourth-order valence-electron chi connectivity index (χ4n) is 2.27. The highest BCUT2D eigenvalue weighted by Gasteiger charge is 2.27. The van der Waals surface area contributed by atoms with Gasteiger partial charge in [0, 0.05) is 13.1 Å².